The lowest BCUT2D eigenvalue weighted by Gasteiger charge is -2.11. The Balaban J connectivity index is 1.86. The number of aromatic nitrogens is 2. The Hall–Kier alpha value is -1.75. The summed E-state index contributed by atoms with van der Waals surface area (Å²) in [6, 6.07) is 5.95. The molecule has 0 spiro atoms. The first-order valence-electron chi connectivity index (χ1n) is 7.28. The summed E-state index contributed by atoms with van der Waals surface area (Å²) in [4.78, 5) is 4.45. The van der Waals surface area contributed by atoms with Crippen molar-refractivity contribution in [2.45, 2.75) is 38.8 Å². The summed E-state index contributed by atoms with van der Waals surface area (Å²) in [5, 5.41) is 0. The van der Waals surface area contributed by atoms with Gasteiger partial charge in [-0.25, -0.2) is 4.98 Å². The van der Waals surface area contributed by atoms with Crippen molar-refractivity contribution < 1.29 is 9.47 Å². The van der Waals surface area contributed by atoms with E-state index >= 15 is 0 Å². The van der Waals surface area contributed by atoms with Crippen molar-refractivity contribution in [1.82, 2.24) is 9.55 Å². The van der Waals surface area contributed by atoms with Crippen LogP contribution in [0.1, 0.15) is 26.2 Å². The molecule has 1 unspecified atom stereocenters. The number of nitrogen functional groups attached to an aromatic ring is 1. The maximum atomic E-state index is 6.06. The van der Waals surface area contributed by atoms with Gasteiger partial charge in [-0.3, -0.25) is 0 Å². The molecule has 20 heavy (non-hydrogen) atoms. The molecule has 1 fully saturated rings. The fourth-order valence-electron chi connectivity index (χ4n) is 2.79. The molecule has 2 aromatic rings. The fraction of sp³-hybridized carbons (Fsp3) is 0.533. The molecule has 1 aromatic heterocycles. The largest absolute Gasteiger partial charge is 0.492 e. The first-order chi connectivity index (χ1) is 9.79. The van der Waals surface area contributed by atoms with Gasteiger partial charge in [0.05, 0.1) is 18.2 Å². The smallest absolute Gasteiger partial charge is 0.201 e. The van der Waals surface area contributed by atoms with Crippen LogP contribution in [-0.4, -0.2) is 28.9 Å². The van der Waals surface area contributed by atoms with Gasteiger partial charge in [-0.05, 0) is 38.3 Å². The van der Waals surface area contributed by atoms with E-state index in [0.717, 1.165) is 42.8 Å². The summed E-state index contributed by atoms with van der Waals surface area (Å²) in [5.74, 6) is 1.35. The molecule has 3 rings (SSSR count). The van der Waals surface area contributed by atoms with E-state index in [2.05, 4.69) is 9.55 Å². The van der Waals surface area contributed by atoms with Gasteiger partial charge in [0.2, 0.25) is 5.95 Å². The molecule has 0 radical (unpaired) electrons. The predicted octanol–water partition coefficient (Wildman–Crippen LogP) is 2.59. The van der Waals surface area contributed by atoms with Gasteiger partial charge >= 0.3 is 0 Å². The minimum atomic E-state index is 0.363. The lowest BCUT2D eigenvalue weighted by molar-refractivity contribution is 0.101. The van der Waals surface area contributed by atoms with E-state index < -0.39 is 0 Å². The summed E-state index contributed by atoms with van der Waals surface area (Å²) in [6.45, 7) is 4.32. The van der Waals surface area contributed by atoms with Crippen LogP contribution in [0.5, 0.6) is 5.75 Å². The molecular weight excluding hydrogens is 254 g/mol. The van der Waals surface area contributed by atoms with E-state index in [4.69, 9.17) is 15.2 Å². The molecule has 1 aliphatic heterocycles. The van der Waals surface area contributed by atoms with Gasteiger partial charge in [-0.1, -0.05) is 6.07 Å². The zero-order valence-electron chi connectivity index (χ0n) is 11.8. The van der Waals surface area contributed by atoms with Gasteiger partial charge in [0.25, 0.3) is 0 Å². The van der Waals surface area contributed by atoms with Crippen LogP contribution in [0.15, 0.2) is 18.2 Å². The third-order valence-electron chi connectivity index (χ3n) is 3.77. The standard InChI is InChI=1S/C15H21N3O2/c1-2-19-13-7-3-6-12-14(13)17-15(16)18(12)9-8-11-5-4-10-20-11/h3,6-7,11H,2,4-5,8-10H2,1H3,(H2,16,17). The highest BCUT2D eigenvalue weighted by Crippen LogP contribution is 2.28. The summed E-state index contributed by atoms with van der Waals surface area (Å²) in [6.07, 6.45) is 3.66. The number of imidazole rings is 1. The van der Waals surface area contributed by atoms with Crippen molar-refractivity contribution in [1.29, 1.82) is 0 Å². The van der Waals surface area contributed by atoms with Gasteiger partial charge in [0.1, 0.15) is 11.3 Å². The molecule has 0 amide bonds. The summed E-state index contributed by atoms with van der Waals surface area (Å²) >= 11 is 0. The second kappa shape index (κ2) is 5.71. The van der Waals surface area contributed by atoms with Crippen LogP contribution >= 0.6 is 0 Å². The number of anilines is 1. The normalized spacial score (nSPS) is 18.8. The SMILES string of the molecule is CCOc1cccc2c1nc(N)n2CCC1CCCO1. The predicted molar refractivity (Wildman–Crippen MR) is 78.9 cm³/mol. The summed E-state index contributed by atoms with van der Waals surface area (Å²) < 4.78 is 13.3. The Morgan fingerprint density at radius 3 is 3.15 bits per heavy atom. The van der Waals surface area contributed by atoms with Crippen molar-refractivity contribution in [3.05, 3.63) is 18.2 Å². The minimum Gasteiger partial charge on any atom is -0.492 e. The fourth-order valence-corrected chi connectivity index (χ4v) is 2.79. The maximum absolute atomic E-state index is 6.06. The van der Waals surface area contributed by atoms with Crippen molar-refractivity contribution in [2.24, 2.45) is 0 Å². The van der Waals surface area contributed by atoms with Crippen LogP contribution in [0.4, 0.5) is 5.95 Å². The number of hydrogen-bond acceptors (Lipinski definition) is 4. The van der Waals surface area contributed by atoms with E-state index in [-0.39, 0.29) is 0 Å². The summed E-state index contributed by atoms with van der Waals surface area (Å²) in [7, 11) is 0. The number of fused-ring (bicyclic) bond motifs is 1. The van der Waals surface area contributed by atoms with E-state index in [0.29, 0.717) is 18.7 Å². The van der Waals surface area contributed by atoms with Gasteiger partial charge < -0.3 is 19.8 Å². The molecule has 1 atom stereocenters. The zero-order chi connectivity index (χ0) is 13.9. The molecule has 1 aromatic carbocycles. The molecule has 1 aliphatic rings. The number of aryl methyl sites for hydroxylation is 1. The number of nitrogens with zero attached hydrogens (tertiary/aromatic N) is 2. The second-order valence-electron chi connectivity index (χ2n) is 5.10. The lowest BCUT2D eigenvalue weighted by Crippen LogP contribution is -2.11. The van der Waals surface area contributed by atoms with Crippen LogP contribution in [0.2, 0.25) is 0 Å². The quantitative estimate of drug-likeness (QED) is 0.911. The third kappa shape index (κ3) is 2.45. The number of para-hydroxylation sites is 1. The number of rotatable bonds is 5. The van der Waals surface area contributed by atoms with Crippen molar-refractivity contribution in [3.8, 4) is 5.75 Å². The van der Waals surface area contributed by atoms with E-state index in [9.17, 15) is 0 Å². The van der Waals surface area contributed by atoms with Gasteiger partial charge in [0, 0.05) is 13.2 Å². The Labute approximate surface area is 118 Å². The average Bonchev–Trinajstić information content (AvgIpc) is 3.05. The molecule has 0 aliphatic carbocycles. The molecule has 5 heteroatoms. The highest BCUT2D eigenvalue weighted by Gasteiger charge is 2.17. The summed E-state index contributed by atoms with van der Waals surface area (Å²) in [5.41, 5.74) is 7.94. The molecule has 2 heterocycles. The molecule has 1 saturated heterocycles. The maximum Gasteiger partial charge on any atom is 0.201 e. The van der Waals surface area contributed by atoms with Crippen LogP contribution in [0.3, 0.4) is 0 Å². The number of hydrogen-bond donors (Lipinski definition) is 1. The Morgan fingerprint density at radius 2 is 2.40 bits per heavy atom. The molecule has 2 N–H and O–H groups in total. The van der Waals surface area contributed by atoms with Crippen LogP contribution in [0.25, 0.3) is 11.0 Å². The van der Waals surface area contributed by atoms with E-state index in [1.54, 1.807) is 0 Å². The first kappa shape index (κ1) is 13.2. The van der Waals surface area contributed by atoms with Crippen LogP contribution in [-0.2, 0) is 11.3 Å². The van der Waals surface area contributed by atoms with E-state index in [1.807, 2.05) is 25.1 Å². The van der Waals surface area contributed by atoms with Gasteiger partial charge in [-0.15, -0.1) is 0 Å². The monoisotopic (exact) mass is 275 g/mol. The number of nitrogens with two attached hydrogens (primary N) is 1. The molecular formula is C15H21N3O2. The van der Waals surface area contributed by atoms with Crippen molar-refractivity contribution in [2.75, 3.05) is 18.9 Å². The minimum absolute atomic E-state index is 0.363. The van der Waals surface area contributed by atoms with Gasteiger partial charge in [0.15, 0.2) is 0 Å². The van der Waals surface area contributed by atoms with Crippen molar-refractivity contribution in [3.63, 3.8) is 0 Å². The Kier molecular flexibility index (Phi) is 3.78. The lowest BCUT2D eigenvalue weighted by atomic mass is 10.2. The van der Waals surface area contributed by atoms with Crippen LogP contribution in [0, 0.1) is 0 Å². The number of benzene rings is 1. The Morgan fingerprint density at radius 1 is 1.50 bits per heavy atom. The molecule has 108 valence electrons. The highest BCUT2D eigenvalue weighted by molar-refractivity contribution is 5.84. The zero-order valence-corrected chi connectivity index (χ0v) is 11.8. The van der Waals surface area contributed by atoms with Crippen LogP contribution < -0.4 is 10.5 Å². The van der Waals surface area contributed by atoms with Crippen molar-refractivity contribution >= 4 is 17.0 Å². The molecule has 5 nitrogen and oxygen atoms in total. The third-order valence-corrected chi connectivity index (χ3v) is 3.77. The van der Waals surface area contributed by atoms with E-state index in [1.165, 1.54) is 6.42 Å². The second-order valence-corrected chi connectivity index (χ2v) is 5.10. The van der Waals surface area contributed by atoms with Gasteiger partial charge in [-0.2, -0.15) is 0 Å². The molecule has 0 bridgehead atoms. The first-order valence-corrected chi connectivity index (χ1v) is 7.28. The Bertz CT molecular complexity index is 588. The molecule has 0 saturated carbocycles. The number of ether oxygens (including phenoxy) is 2. The highest BCUT2D eigenvalue weighted by atomic mass is 16.5. The topological polar surface area (TPSA) is 62.3 Å². The average molecular weight is 275 g/mol.